The molecule has 2 aromatic heterocycles. The largest absolute Gasteiger partial charge is 0.462 e. The molecule has 2 heterocycles. The first kappa shape index (κ1) is 18.2. The van der Waals surface area contributed by atoms with Crippen molar-refractivity contribution in [3.63, 3.8) is 0 Å². The second kappa shape index (κ2) is 7.74. The van der Waals surface area contributed by atoms with Crippen molar-refractivity contribution in [1.29, 1.82) is 0 Å². The molecule has 1 unspecified atom stereocenters. The maximum Gasteiger partial charge on any atom is 0.341 e. The molecule has 0 aromatic carbocycles. The van der Waals surface area contributed by atoms with Crippen LogP contribution in [-0.4, -0.2) is 18.5 Å². The lowest BCUT2D eigenvalue weighted by Crippen LogP contribution is -2.17. The van der Waals surface area contributed by atoms with E-state index in [0.717, 1.165) is 31.2 Å². The van der Waals surface area contributed by atoms with Crippen molar-refractivity contribution in [3.8, 4) is 0 Å². The fraction of sp³-hybridized carbons (Fsp3) is 0.444. The predicted molar refractivity (Wildman–Crippen MR) is 100 cm³/mol. The summed E-state index contributed by atoms with van der Waals surface area (Å²) in [6.07, 6.45) is 3.98. The Labute approximate surface area is 158 Å². The minimum Gasteiger partial charge on any atom is -0.462 e. The van der Waals surface area contributed by atoms with Gasteiger partial charge >= 0.3 is 5.97 Å². The number of halogens is 1. The number of anilines is 1. The molecule has 1 atom stereocenters. The Morgan fingerprint density at radius 2 is 2.20 bits per heavy atom. The van der Waals surface area contributed by atoms with Gasteiger partial charge in [-0.1, -0.05) is 13.3 Å². The molecular formula is C18H20BrNO4S. The Hall–Kier alpha value is -1.60. The summed E-state index contributed by atoms with van der Waals surface area (Å²) >= 11 is 4.67. The standard InChI is InChI=1S/C18H20BrNO4S/c1-3-10-5-6-11-13(9-10)25-17(15(11)18(22)23-4-2)20-16(21)12-7-8-14(19)24-12/h7-8,10H,3-6,9H2,1-2H3,(H,20,21). The van der Waals surface area contributed by atoms with Crippen molar-refractivity contribution in [2.75, 3.05) is 11.9 Å². The van der Waals surface area contributed by atoms with Crippen molar-refractivity contribution in [3.05, 3.63) is 38.6 Å². The number of ether oxygens (including phenoxy) is 1. The molecule has 0 spiro atoms. The van der Waals surface area contributed by atoms with Gasteiger partial charge in [-0.3, -0.25) is 4.79 Å². The van der Waals surface area contributed by atoms with Crippen molar-refractivity contribution in [2.24, 2.45) is 5.92 Å². The van der Waals surface area contributed by atoms with Crippen molar-refractivity contribution in [2.45, 2.75) is 39.5 Å². The van der Waals surface area contributed by atoms with Crippen LogP contribution in [0.15, 0.2) is 21.2 Å². The Morgan fingerprint density at radius 1 is 1.40 bits per heavy atom. The SMILES string of the molecule is CCOC(=O)c1c(NC(=O)c2ccc(Br)o2)sc2c1CCC(CC)C2. The molecule has 1 aliphatic carbocycles. The summed E-state index contributed by atoms with van der Waals surface area (Å²) in [5.74, 6) is 0.0815. The highest BCUT2D eigenvalue weighted by molar-refractivity contribution is 9.10. The van der Waals surface area contributed by atoms with Crippen LogP contribution in [0.2, 0.25) is 0 Å². The lowest BCUT2D eigenvalue weighted by Gasteiger charge is -2.20. The van der Waals surface area contributed by atoms with E-state index >= 15 is 0 Å². The van der Waals surface area contributed by atoms with E-state index in [2.05, 4.69) is 28.2 Å². The molecule has 0 bridgehead atoms. The van der Waals surface area contributed by atoms with Crippen LogP contribution < -0.4 is 5.32 Å². The van der Waals surface area contributed by atoms with Crippen LogP contribution in [0.1, 0.15) is 58.0 Å². The second-order valence-corrected chi connectivity index (χ2v) is 7.89. The molecule has 2 aromatic rings. The molecule has 1 amide bonds. The van der Waals surface area contributed by atoms with Gasteiger partial charge in [0, 0.05) is 4.88 Å². The fourth-order valence-corrected chi connectivity index (χ4v) is 4.76. The zero-order chi connectivity index (χ0) is 18.0. The Balaban J connectivity index is 1.93. The highest BCUT2D eigenvalue weighted by atomic mass is 79.9. The molecular weight excluding hydrogens is 406 g/mol. The molecule has 0 aliphatic heterocycles. The Morgan fingerprint density at radius 3 is 2.84 bits per heavy atom. The van der Waals surface area contributed by atoms with Gasteiger partial charge in [0.05, 0.1) is 12.2 Å². The highest BCUT2D eigenvalue weighted by Crippen LogP contribution is 2.41. The summed E-state index contributed by atoms with van der Waals surface area (Å²) in [4.78, 5) is 26.1. The topological polar surface area (TPSA) is 68.5 Å². The number of fused-ring (bicyclic) bond motifs is 1. The predicted octanol–water partition coefficient (Wildman–Crippen LogP) is 5.05. The highest BCUT2D eigenvalue weighted by Gasteiger charge is 2.30. The van der Waals surface area contributed by atoms with E-state index in [4.69, 9.17) is 9.15 Å². The van der Waals surface area contributed by atoms with Crippen LogP contribution in [0, 0.1) is 5.92 Å². The van der Waals surface area contributed by atoms with Gasteiger partial charge in [0.25, 0.3) is 5.91 Å². The van der Waals surface area contributed by atoms with Crippen LogP contribution >= 0.6 is 27.3 Å². The van der Waals surface area contributed by atoms with Gasteiger partial charge in [0.2, 0.25) is 0 Å². The summed E-state index contributed by atoms with van der Waals surface area (Å²) in [5.41, 5.74) is 1.54. The first-order valence-electron chi connectivity index (χ1n) is 8.41. The van der Waals surface area contributed by atoms with E-state index in [9.17, 15) is 9.59 Å². The summed E-state index contributed by atoms with van der Waals surface area (Å²) in [7, 11) is 0. The number of carbonyl (C=O) groups excluding carboxylic acids is 2. The summed E-state index contributed by atoms with van der Waals surface area (Å²) in [5, 5.41) is 3.39. The van der Waals surface area contributed by atoms with Crippen LogP contribution in [0.4, 0.5) is 5.00 Å². The molecule has 25 heavy (non-hydrogen) atoms. The van der Waals surface area contributed by atoms with Gasteiger partial charge in [-0.25, -0.2) is 4.79 Å². The number of thiophene rings is 1. The zero-order valence-corrected chi connectivity index (χ0v) is 16.6. The van der Waals surface area contributed by atoms with Crippen molar-refractivity contribution < 1.29 is 18.7 Å². The number of nitrogens with one attached hydrogen (secondary N) is 1. The third kappa shape index (κ3) is 3.82. The number of furan rings is 1. The monoisotopic (exact) mass is 425 g/mol. The molecule has 134 valence electrons. The van der Waals surface area contributed by atoms with Gasteiger partial charge in [-0.2, -0.15) is 0 Å². The third-order valence-corrected chi connectivity index (χ3v) is 6.04. The molecule has 1 N–H and O–H groups in total. The quantitative estimate of drug-likeness (QED) is 0.680. The first-order valence-corrected chi connectivity index (χ1v) is 10.0. The molecule has 1 aliphatic rings. The van der Waals surface area contributed by atoms with E-state index in [0.29, 0.717) is 27.8 Å². The molecule has 5 nitrogen and oxygen atoms in total. The van der Waals surface area contributed by atoms with E-state index < -0.39 is 0 Å². The number of amides is 1. The second-order valence-electron chi connectivity index (χ2n) is 6.00. The Bertz CT molecular complexity index is 795. The smallest absolute Gasteiger partial charge is 0.341 e. The van der Waals surface area contributed by atoms with Crippen LogP contribution in [0.5, 0.6) is 0 Å². The van der Waals surface area contributed by atoms with Gasteiger partial charge in [0.15, 0.2) is 10.4 Å². The number of carbonyl (C=O) groups is 2. The zero-order valence-electron chi connectivity index (χ0n) is 14.2. The summed E-state index contributed by atoms with van der Waals surface area (Å²) < 4.78 is 11.0. The van der Waals surface area contributed by atoms with Crippen molar-refractivity contribution in [1.82, 2.24) is 0 Å². The van der Waals surface area contributed by atoms with E-state index in [1.165, 1.54) is 16.2 Å². The summed E-state index contributed by atoms with van der Waals surface area (Å²) in [6, 6.07) is 3.25. The van der Waals surface area contributed by atoms with E-state index in [-0.39, 0.29) is 17.6 Å². The van der Waals surface area contributed by atoms with Crippen molar-refractivity contribution >= 4 is 44.1 Å². The lowest BCUT2D eigenvalue weighted by molar-refractivity contribution is 0.0526. The average Bonchev–Trinajstić information content (AvgIpc) is 3.17. The fourth-order valence-electron chi connectivity index (χ4n) is 3.11. The Kier molecular flexibility index (Phi) is 5.64. The molecule has 7 heteroatoms. The van der Waals surface area contributed by atoms with Crippen LogP contribution in [-0.2, 0) is 17.6 Å². The minimum atomic E-state index is -0.373. The summed E-state index contributed by atoms with van der Waals surface area (Å²) in [6.45, 7) is 4.27. The van der Waals surface area contributed by atoms with E-state index in [1.807, 2.05) is 0 Å². The average molecular weight is 426 g/mol. The van der Waals surface area contributed by atoms with Gasteiger partial charge < -0.3 is 14.5 Å². The first-order chi connectivity index (χ1) is 12.0. The van der Waals surface area contributed by atoms with Gasteiger partial charge in [-0.05, 0) is 65.7 Å². The molecule has 0 saturated carbocycles. The molecule has 0 saturated heterocycles. The molecule has 0 fully saturated rings. The number of hydrogen-bond donors (Lipinski definition) is 1. The number of esters is 1. The van der Waals surface area contributed by atoms with Crippen LogP contribution in [0.3, 0.4) is 0 Å². The third-order valence-electron chi connectivity index (χ3n) is 4.45. The minimum absolute atomic E-state index is 0.194. The maximum atomic E-state index is 12.5. The molecule has 3 rings (SSSR count). The van der Waals surface area contributed by atoms with Crippen LogP contribution in [0.25, 0.3) is 0 Å². The van der Waals surface area contributed by atoms with Gasteiger partial charge in [0.1, 0.15) is 5.00 Å². The molecule has 0 radical (unpaired) electrons. The lowest BCUT2D eigenvalue weighted by atomic mass is 9.85. The van der Waals surface area contributed by atoms with Gasteiger partial charge in [-0.15, -0.1) is 11.3 Å². The number of rotatable bonds is 5. The van der Waals surface area contributed by atoms with E-state index in [1.54, 1.807) is 19.1 Å². The number of hydrogen-bond acceptors (Lipinski definition) is 5. The maximum absolute atomic E-state index is 12.5. The normalized spacial score (nSPS) is 16.4.